The molecule has 1 heteroatoms. The van der Waals surface area contributed by atoms with Crippen LogP contribution in [-0.4, -0.2) is 5.11 Å². The first-order valence-electron chi connectivity index (χ1n) is 12.4. The molecule has 0 unspecified atom stereocenters. The number of unbranched alkanes of at least 4 members (excludes halogenated alkanes) is 6. The van der Waals surface area contributed by atoms with Gasteiger partial charge >= 0.3 is 0 Å². The summed E-state index contributed by atoms with van der Waals surface area (Å²) in [4.78, 5) is 0. The number of hydrogen-bond donors (Lipinski definition) is 1. The molecule has 2 fully saturated rings. The van der Waals surface area contributed by atoms with Crippen LogP contribution in [-0.2, 0) is 12.8 Å². The summed E-state index contributed by atoms with van der Waals surface area (Å²) >= 11 is 0. The predicted molar refractivity (Wildman–Crippen MR) is 121 cm³/mol. The molecule has 2 saturated carbocycles. The minimum Gasteiger partial charge on any atom is -0.507 e. The van der Waals surface area contributed by atoms with Crippen molar-refractivity contribution in [2.45, 2.75) is 123 Å². The van der Waals surface area contributed by atoms with Crippen molar-refractivity contribution in [1.29, 1.82) is 0 Å². The Morgan fingerprint density at radius 1 is 0.750 bits per heavy atom. The molecule has 2 aliphatic rings. The van der Waals surface area contributed by atoms with Crippen LogP contribution in [0.4, 0.5) is 0 Å². The van der Waals surface area contributed by atoms with Gasteiger partial charge in [-0.25, -0.2) is 0 Å². The van der Waals surface area contributed by atoms with Gasteiger partial charge in [-0.05, 0) is 86.2 Å². The monoisotopic (exact) mass is 384 g/mol. The zero-order valence-electron chi connectivity index (χ0n) is 18.7. The summed E-state index contributed by atoms with van der Waals surface area (Å²) < 4.78 is 0. The molecule has 28 heavy (non-hydrogen) atoms. The molecule has 0 amide bonds. The Hall–Kier alpha value is -0.980. The van der Waals surface area contributed by atoms with E-state index in [-0.39, 0.29) is 0 Å². The standard InChI is InChI=1S/C27H44O/c1-3-27(21-22-27)18-11-7-5-9-14-24-16-12-15-23(25(24)28)13-8-4-6-10-17-26(2)19-20-26/h12,15-16,28H,3-11,13-14,17-22H2,1-2H3. The first kappa shape index (κ1) is 21.7. The quantitative estimate of drug-likeness (QED) is 0.301. The van der Waals surface area contributed by atoms with Crippen LogP contribution in [0.25, 0.3) is 0 Å². The van der Waals surface area contributed by atoms with Crippen molar-refractivity contribution in [3.05, 3.63) is 29.3 Å². The number of benzene rings is 1. The van der Waals surface area contributed by atoms with Crippen molar-refractivity contribution >= 4 is 0 Å². The molecule has 0 spiro atoms. The summed E-state index contributed by atoms with van der Waals surface area (Å²) in [7, 11) is 0. The minimum atomic E-state index is 0.593. The van der Waals surface area contributed by atoms with E-state index in [1.54, 1.807) is 0 Å². The molecular formula is C27H44O. The lowest BCUT2D eigenvalue weighted by Gasteiger charge is -2.12. The molecule has 1 N–H and O–H groups in total. The third-order valence-electron chi connectivity index (χ3n) is 7.89. The maximum absolute atomic E-state index is 10.7. The summed E-state index contributed by atoms with van der Waals surface area (Å²) in [6.07, 6.45) is 22.7. The smallest absolute Gasteiger partial charge is 0.121 e. The third kappa shape index (κ3) is 6.82. The topological polar surface area (TPSA) is 20.2 Å². The number of aryl methyl sites for hydroxylation is 2. The van der Waals surface area contributed by atoms with Crippen LogP contribution < -0.4 is 0 Å². The first-order valence-corrected chi connectivity index (χ1v) is 12.4. The number of phenols is 1. The fourth-order valence-corrected chi connectivity index (χ4v) is 4.86. The van der Waals surface area contributed by atoms with Crippen LogP contribution in [0.5, 0.6) is 5.75 Å². The Bertz CT molecular complexity index is 594. The maximum Gasteiger partial charge on any atom is 0.121 e. The molecule has 0 bridgehead atoms. The highest BCUT2D eigenvalue weighted by atomic mass is 16.3. The highest BCUT2D eigenvalue weighted by Crippen LogP contribution is 2.52. The molecule has 1 nitrogen and oxygen atoms in total. The van der Waals surface area contributed by atoms with Gasteiger partial charge in [-0.3, -0.25) is 0 Å². The van der Waals surface area contributed by atoms with Crippen LogP contribution >= 0.6 is 0 Å². The Labute approximate surface area is 174 Å². The second kappa shape index (κ2) is 10.2. The van der Waals surface area contributed by atoms with E-state index in [1.807, 2.05) is 0 Å². The molecule has 3 rings (SSSR count). The van der Waals surface area contributed by atoms with Crippen molar-refractivity contribution in [2.24, 2.45) is 10.8 Å². The molecule has 1 aromatic carbocycles. The lowest BCUT2D eigenvalue weighted by molar-refractivity contribution is 0.419. The third-order valence-corrected chi connectivity index (χ3v) is 7.89. The zero-order valence-corrected chi connectivity index (χ0v) is 18.7. The lowest BCUT2D eigenvalue weighted by Crippen LogP contribution is -1.97. The van der Waals surface area contributed by atoms with Gasteiger partial charge in [0.2, 0.25) is 0 Å². The van der Waals surface area contributed by atoms with Crippen molar-refractivity contribution in [3.8, 4) is 5.75 Å². The molecule has 0 aliphatic heterocycles. The number of phenolic OH excluding ortho intramolecular Hbond substituents is 1. The lowest BCUT2D eigenvalue weighted by atomic mass is 9.94. The van der Waals surface area contributed by atoms with Crippen LogP contribution in [0.2, 0.25) is 0 Å². The van der Waals surface area contributed by atoms with Crippen LogP contribution in [0.3, 0.4) is 0 Å². The molecule has 0 heterocycles. The number of hydrogen-bond acceptors (Lipinski definition) is 1. The van der Waals surface area contributed by atoms with Gasteiger partial charge in [0.25, 0.3) is 0 Å². The van der Waals surface area contributed by atoms with E-state index in [4.69, 9.17) is 0 Å². The van der Waals surface area contributed by atoms with E-state index in [1.165, 1.54) is 107 Å². The molecule has 0 radical (unpaired) electrons. The van der Waals surface area contributed by atoms with E-state index in [0.717, 1.165) is 18.3 Å². The van der Waals surface area contributed by atoms with Crippen molar-refractivity contribution in [2.75, 3.05) is 0 Å². The highest BCUT2D eigenvalue weighted by Gasteiger charge is 2.39. The maximum atomic E-state index is 10.7. The summed E-state index contributed by atoms with van der Waals surface area (Å²) in [6.45, 7) is 4.79. The van der Waals surface area contributed by atoms with Gasteiger partial charge in [-0.15, -0.1) is 0 Å². The summed E-state index contributed by atoms with van der Waals surface area (Å²) in [5, 5.41) is 10.7. The Morgan fingerprint density at radius 3 is 1.79 bits per heavy atom. The van der Waals surface area contributed by atoms with E-state index in [0.29, 0.717) is 11.2 Å². The van der Waals surface area contributed by atoms with E-state index < -0.39 is 0 Å². The van der Waals surface area contributed by atoms with Gasteiger partial charge in [0.05, 0.1) is 0 Å². The number of para-hydroxylation sites is 1. The number of rotatable bonds is 15. The Balaban J connectivity index is 1.27. The largest absolute Gasteiger partial charge is 0.507 e. The summed E-state index contributed by atoms with van der Waals surface area (Å²) in [5.41, 5.74) is 3.81. The summed E-state index contributed by atoms with van der Waals surface area (Å²) in [6, 6.07) is 6.41. The highest BCUT2D eigenvalue weighted by molar-refractivity contribution is 5.40. The normalized spacial score (nSPS) is 18.9. The minimum absolute atomic E-state index is 0.593. The molecule has 1 aromatic rings. The molecular weight excluding hydrogens is 340 g/mol. The van der Waals surface area contributed by atoms with Gasteiger partial charge in [0.15, 0.2) is 0 Å². The van der Waals surface area contributed by atoms with Gasteiger partial charge in [-0.2, -0.15) is 0 Å². The molecule has 158 valence electrons. The van der Waals surface area contributed by atoms with Crippen molar-refractivity contribution in [1.82, 2.24) is 0 Å². The Morgan fingerprint density at radius 2 is 1.29 bits per heavy atom. The van der Waals surface area contributed by atoms with Gasteiger partial charge in [-0.1, -0.05) is 77.0 Å². The average Bonchev–Trinajstić information content (AvgIpc) is 3.62. The van der Waals surface area contributed by atoms with Gasteiger partial charge in [0, 0.05) is 0 Å². The van der Waals surface area contributed by atoms with E-state index >= 15 is 0 Å². The molecule has 0 atom stereocenters. The van der Waals surface area contributed by atoms with Crippen molar-refractivity contribution < 1.29 is 5.11 Å². The van der Waals surface area contributed by atoms with Gasteiger partial charge in [0.1, 0.15) is 5.75 Å². The SMILES string of the molecule is CCC1(CCCCCCc2cccc(CCCCCCC3(C)CC3)c2O)CC1. The second-order valence-corrected chi connectivity index (χ2v) is 10.4. The predicted octanol–water partition coefficient (Wildman–Crippen LogP) is 8.37. The Kier molecular flexibility index (Phi) is 7.89. The second-order valence-electron chi connectivity index (χ2n) is 10.4. The van der Waals surface area contributed by atoms with Gasteiger partial charge < -0.3 is 5.11 Å². The van der Waals surface area contributed by atoms with Crippen LogP contribution in [0, 0.1) is 10.8 Å². The molecule has 2 aliphatic carbocycles. The number of aromatic hydroxyl groups is 1. The van der Waals surface area contributed by atoms with Crippen LogP contribution in [0.15, 0.2) is 18.2 Å². The zero-order chi connectivity index (χ0) is 19.9. The fourth-order valence-electron chi connectivity index (χ4n) is 4.86. The first-order chi connectivity index (χ1) is 13.6. The average molecular weight is 385 g/mol. The summed E-state index contributed by atoms with van der Waals surface area (Å²) in [5.74, 6) is 0.593. The van der Waals surface area contributed by atoms with Crippen LogP contribution in [0.1, 0.15) is 121 Å². The fraction of sp³-hybridized carbons (Fsp3) is 0.778. The van der Waals surface area contributed by atoms with E-state index in [9.17, 15) is 5.11 Å². The molecule has 0 aromatic heterocycles. The van der Waals surface area contributed by atoms with E-state index in [2.05, 4.69) is 32.0 Å². The molecule has 0 saturated heterocycles. The van der Waals surface area contributed by atoms with Crippen molar-refractivity contribution in [3.63, 3.8) is 0 Å².